The van der Waals surface area contributed by atoms with Crippen LogP contribution in [0.1, 0.15) is 20.7 Å². The topological polar surface area (TPSA) is 43.4 Å². The average Bonchev–Trinajstić information content (AvgIpc) is 2.14. The summed E-state index contributed by atoms with van der Waals surface area (Å²) >= 11 is 16.7. The van der Waals surface area contributed by atoms with E-state index in [9.17, 15) is 9.59 Å². The molecule has 0 unspecified atom stereocenters. The molecule has 0 heterocycles. The summed E-state index contributed by atoms with van der Waals surface area (Å²) in [6.07, 6.45) is 0. The zero-order chi connectivity index (χ0) is 11.6. The summed E-state index contributed by atoms with van der Waals surface area (Å²) in [6.45, 7) is 0. The van der Waals surface area contributed by atoms with E-state index in [1.807, 2.05) is 0 Å². The van der Waals surface area contributed by atoms with Gasteiger partial charge >= 0.3 is 5.97 Å². The summed E-state index contributed by atoms with van der Waals surface area (Å²) in [7, 11) is 1.23. The smallest absolute Gasteiger partial charge is 0.337 e. The van der Waals surface area contributed by atoms with Crippen LogP contribution in [0.2, 0.25) is 10.0 Å². The molecule has 0 N–H and O–H groups in total. The van der Waals surface area contributed by atoms with E-state index >= 15 is 0 Å². The molecule has 0 aliphatic heterocycles. The highest BCUT2D eigenvalue weighted by Gasteiger charge is 2.16. The maximum Gasteiger partial charge on any atom is 0.337 e. The molecule has 0 aliphatic carbocycles. The van der Waals surface area contributed by atoms with Gasteiger partial charge in [0.05, 0.1) is 28.3 Å². The van der Waals surface area contributed by atoms with Gasteiger partial charge < -0.3 is 4.74 Å². The first-order chi connectivity index (χ1) is 6.97. The van der Waals surface area contributed by atoms with Crippen LogP contribution in [0.25, 0.3) is 0 Å². The maximum absolute atomic E-state index is 11.1. The molecule has 0 fully saturated rings. The molecule has 0 atom stereocenters. The minimum Gasteiger partial charge on any atom is -0.465 e. The Kier molecular flexibility index (Phi) is 3.97. The van der Waals surface area contributed by atoms with E-state index in [0.29, 0.717) is 0 Å². The van der Waals surface area contributed by atoms with Crippen LogP contribution in [0.3, 0.4) is 0 Å². The molecule has 1 rings (SSSR count). The molecule has 0 aliphatic rings. The Labute approximate surface area is 101 Å². The van der Waals surface area contributed by atoms with Crippen LogP contribution in [0.4, 0.5) is 0 Å². The molecular formula is C9H5Cl3O3. The Morgan fingerprint density at radius 3 is 2.00 bits per heavy atom. The SMILES string of the molecule is COC(=O)c1cc(Cl)c(C(=O)Cl)c(Cl)c1. The predicted molar refractivity (Wildman–Crippen MR) is 58.0 cm³/mol. The molecule has 1 aromatic carbocycles. The van der Waals surface area contributed by atoms with Gasteiger partial charge in [0.25, 0.3) is 5.24 Å². The van der Waals surface area contributed by atoms with Crippen LogP contribution in [-0.4, -0.2) is 18.3 Å². The second-order valence-corrected chi connectivity index (χ2v) is 3.74. The van der Waals surface area contributed by atoms with Crippen molar-refractivity contribution in [2.75, 3.05) is 7.11 Å². The Bertz CT molecular complexity index is 406. The van der Waals surface area contributed by atoms with Gasteiger partial charge in [-0.15, -0.1) is 0 Å². The van der Waals surface area contributed by atoms with E-state index < -0.39 is 11.2 Å². The second kappa shape index (κ2) is 4.84. The molecule has 6 heteroatoms. The standard InChI is InChI=1S/C9H5Cl3O3/c1-15-9(14)4-2-5(10)7(8(12)13)6(11)3-4/h2-3H,1H3. The number of methoxy groups -OCH3 is 1. The molecule has 80 valence electrons. The number of carbonyl (C=O) groups excluding carboxylic acids is 2. The molecule has 0 aromatic heterocycles. The van der Waals surface area contributed by atoms with E-state index in [4.69, 9.17) is 34.8 Å². The quantitative estimate of drug-likeness (QED) is 0.610. The van der Waals surface area contributed by atoms with E-state index in [-0.39, 0.29) is 21.2 Å². The molecule has 0 spiro atoms. The highest BCUT2D eigenvalue weighted by Crippen LogP contribution is 2.28. The Hall–Kier alpha value is -0.770. The summed E-state index contributed by atoms with van der Waals surface area (Å²) in [5.41, 5.74) is 0.141. The summed E-state index contributed by atoms with van der Waals surface area (Å²) in [6, 6.07) is 2.55. The molecule has 15 heavy (non-hydrogen) atoms. The fourth-order valence-corrected chi connectivity index (χ4v) is 1.96. The van der Waals surface area contributed by atoms with Crippen LogP contribution in [0.15, 0.2) is 12.1 Å². The maximum atomic E-state index is 11.1. The number of ether oxygens (including phenoxy) is 1. The first kappa shape index (κ1) is 12.3. The second-order valence-electron chi connectivity index (χ2n) is 2.58. The molecule has 3 nitrogen and oxygen atoms in total. The number of benzene rings is 1. The van der Waals surface area contributed by atoms with Gasteiger partial charge in [-0.1, -0.05) is 23.2 Å². The van der Waals surface area contributed by atoms with Crippen LogP contribution >= 0.6 is 34.8 Å². The van der Waals surface area contributed by atoms with Crippen molar-refractivity contribution in [3.8, 4) is 0 Å². The van der Waals surface area contributed by atoms with Crippen LogP contribution in [0.5, 0.6) is 0 Å². The third-order valence-electron chi connectivity index (χ3n) is 1.66. The minimum atomic E-state index is -0.776. The fourth-order valence-electron chi connectivity index (χ4n) is 0.997. The van der Waals surface area contributed by atoms with Gasteiger partial charge in [-0.3, -0.25) is 4.79 Å². The van der Waals surface area contributed by atoms with Crippen molar-refractivity contribution in [3.05, 3.63) is 33.3 Å². The Morgan fingerprint density at radius 1 is 1.20 bits per heavy atom. The first-order valence-corrected chi connectivity index (χ1v) is 4.88. The molecule has 0 radical (unpaired) electrons. The third-order valence-corrected chi connectivity index (χ3v) is 2.44. The predicted octanol–water partition coefficient (Wildman–Crippen LogP) is 3.16. The fraction of sp³-hybridized carbons (Fsp3) is 0.111. The zero-order valence-electron chi connectivity index (χ0n) is 7.51. The lowest BCUT2D eigenvalue weighted by molar-refractivity contribution is 0.0600. The highest BCUT2D eigenvalue weighted by atomic mass is 35.5. The molecule has 0 bridgehead atoms. The van der Waals surface area contributed by atoms with E-state index in [1.165, 1.54) is 19.2 Å². The van der Waals surface area contributed by atoms with E-state index in [1.54, 1.807) is 0 Å². The average molecular weight is 267 g/mol. The first-order valence-electron chi connectivity index (χ1n) is 3.74. The lowest BCUT2D eigenvalue weighted by atomic mass is 10.1. The van der Waals surface area contributed by atoms with Crippen molar-refractivity contribution in [2.45, 2.75) is 0 Å². The molecule has 0 saturated carbocycles. The van der Waals surface area contributed by atoms with Gasteiger partial charge in [0.1, 0.15) is 0 Å². The van der Waals surface area contributed by atoms with Gasteiger partial charge in [-0.25, -0.2) is 4.79 Å². The van der Waals surface area contributed by atoms with E-state index in [2.05, 4.69) is 4.74 Å². The molecule has 0 amide bonds. The number of esters is 1. The third kappa shape index (κ3) is 2.62. The Balaban J connectivity index is 3.31. The van der Waals surface area contributed by atoms with Gasteiger partial charge in [-0.05, 0) is 23.7 Å². The summed E-state index contributed by atoms with van der Waals surface area (Å²) in [4.78, 5) is 22.1. The molecule has 0 saturated heterocycles. The summed E-state index contributed by atoms with van der Waals surface area (Å²) in [5, 5.41) is -0.743. The monoisotopic (exact) mass is 266 g/mol. The number of rotatable bonds is 2. The minimum absolute atomic E-state index is 0.0166. The van der Waals surface area contributed by atoms with Gasteiger partial charge in [-0.2, -0.15) is 0 Å². The summed E-state index contributed by atoms with van der Waals surface area (Å²) in [5.74, 6) is -0.590. The van der Waals surface area contributed by atoms with Crippen molar-refractivity contribution in [1.29, 1.82) is 0 Å². The van der Waals surface area contributed by atoms with Crippen LogP contribution in [-0.2, 0) is 4.74 Å². The number of carbonyl (C=O) groups is 2. The van der Waals surface area contributed by atoms with E-state index in [0.717, 1.165) is 0 Å². The Morgan fingerprint density at radius 2 is 1.67 bits per heavy atom. The van der Waals surface area contributed by atoms with Crippen molar-refractivity contribution < 1.29 is 14.3 Å². The van der Waals surface area contributed by atoms with Crippen LogP contribution in [0, 0.1) is 0 Å². The normalized spacial score (nSPS) is 9.87. The molecule has 1 aromatic rings. The van der Waals surface area contributed by atoms with Crippen molar-refractivity contribution in [2.24, 2.45) is 0 Å². The van der Waals surface area contributed by atoms with Gasteiger partial charge in [0.2, 0.25) is 0 Å². The number of hydrogen-bond donors (Lipinski definition) is 0. The van der Waals surface area contributed by atoms with Crippen molar-refractivity contribution in [3.63, 3.8) is 0 Å². The van der Waals surface area contributed by atoms with Crippen molar-refractivity contribution >= 4 is 46.0 Å². The van der Waals surface area contributed by atoms with Crippen LogP contribution < -0.4 is 0 Å². The number of halogens is 3. The molecular weight excluding hydrogens is 262 g/mol. The number of hydrogen-bond acceptors (Lipinski definition) is 3. The van der Waals surface area contributed by atoms with Crippen molar-refractivity contribution in [1.82, 2.24) is 0 Å². The zero-order valence-corrected chi connectivity index (χ0v) is 9.78. The summed E-state index contributed by atoms with van der Waals surface area (Å²) < 4.78 is 4.47. The largest absolute Gasteiger partial charge is 0.465 e. The lowest BCUT2D eigenvalue weighted by Gasteiger charge is -2.05. The lowest BCUT2D eigenvalue weighted by Crippen LogP contribution is -2.03. The van der Waals surface area contributed by atoms with Gasteiger partial charge in [0.15, 0.2) is 0 Å². The highest BCUT2D eigenvalue weighted by molar-refractivity contribution is 6.70. The van der Waals surface area contributed by atoms with Gasteiger partial charge in [0, 0.05) is 0 Å².